The molecule has 34 heavy (non-hydrogen) atoms. The number of nitrogens with zero attached hydrogens (tertiary/aromatic N) is 3. The van der Waals surface area contributed by atoms with Gasteiger partial charge in [-0.05, 0) is 48.0 Å². The molecule has 0 spiro atoms. The van der Waals surface area contributed by atoms with E-state index in [2.05, 4.69) is 9.88 Å². The van der Waals surface area contributed by atoms with E-state index in [1.54, 1.807) is 23.1 Å². The van der Waals surface area contributed by atoms with E-state index in [0.29, 0.717) is 18.8 Å². The van der Waals surface area contributed by atoms with Crippen LogP contribution in [0.5, 0.6) is 0 Å². The molecule has 1 atom stereocenters. The first-order valence-corrected chi connectivity index (χ1v) is 11.0. The summed E-state index contributed by atoms with van der Waals surface area (Å²) in [6.07, 6.45) is 1.95. The maximum Gasteiger partial charge on any atom is 0.322 e. The predicted octanol–water partition coefficient (Wildman–Crippen LogP) is 3.88. The van der Waals surface area contributed by atoms with Crippen LogP contribution in [0.3, 0.4) is 0 Å². The maximum absolute atomic E-state index is 13.6. The molecule has 0 fully saturated rings. The zero-order valence-electron chi connectivity index (χ0n) is 18.8. The third-order valence-electron chi connectivity index (χ3n) is 5.80. The van der Waals surface area contributed by atoms with Gasteiger partial charge in [0.05, 0.1) is 12.6 Å². The third kappa shape index (κ3) is 5.26. The van der Waals surface area contributed by atoms with Crippen LogP contribution in [0.4, 0.5) is 19.3 Å². The zero-order valence-corrected chi connectivity index (χ0v) is 18.8. The van der Waals surface area contributed by atoms with E-state index in [1.165, 1.54) is 42.3 Å². The van der Waals surface area contributed by atoms with Gasteiger partial charge < -0.3 is 24.4 Å². The minimum absolute atomic E-state index is 0.175. The highest BCUT2D eigenvalue weighted by molar-refractivity contribution is 5.92. The van der Waals surface area contributed by atoms with E-state index < -0.39 is 17.9 Å². The van der Waals surface area contributed by atoms with Crippen LogP contribution in [-0.2, 0) is 16.1 Å². The van der Waals surface area contributed by atoms with Crippen molar-refractivity contribution in [2.75, 3.05) is 38.7 Å². The number of hydrogen-bond donors (Lipinski definition) is 1. The molecule has 4 rings (SSSR count). The standard InChI is InChI=1S/C25H26F2N4O3/c1-34-15-14-30(25(33)28-21-5-2-4-20(27)16-21)17-23(32)31-13-12-29-11-3-6-22(29)24(31)18-7-9-19(26)10-8-18/h2-11,16,24H,12-15,17H2,1H3,(H,28,33). The van der Waals surface area contributed by atoms with Gasteiger partial charge in [-0.25, -0.2) is 13.6 Å². The number of methoxy groups -OCH3 is 1. The van der Waals surface area contributed by atoms with Gasteiger partial charge in [-0.15, -0.1) is 0 Å². The number of fused-ring (bicyclic) bond motifs is 1. The molecule has 1 aromatic heterocycles. The van der Waals surface area contributed by atoms with Crippen molar-refractivity contribution in [2.24, 2.45) is 0 Å². The Morgan fingerprint density at radius 3 is 2.59 bits per heavy atom. The molecule has 178 valence electrons. The van der Waals surface area contributed by atoms with E-state index in [0.717, 1.165) is 11.3 Å². The number of carbonyl (C=O) groups is 2. The van der Waals surface area contributed by atoms with Crippen molar-refractivity contribution in [2.45, 2.75) is 12.6 Å². The van der Waals surface area contributed by atoms with Gasteiger partial charge in [0.15, 0.2) is 0 Å². The van der Waals surface area contributed by atoms with E-state index >= 15 is 0 Å². The minimum Gasteiger partial charge on any atom is -0.383 e. The fraction of sp³-hybridized carbons (Fsp3) is 0.280. The van der Waals surface area contributed by atoms with Crippen molar-refractivity contribution in [3.63, 3.8) is 0 Å². The van der Waals surface area contributed by atoms with Gasteiger partial charge in [0.2, 0.25) is 5.91 Å². The first kappa shape index (κ1) is 23.4. The number of anilines is 1. The van der Waals surface area contributed by atoms with E-state index in [-0.39, 0.29) is 31.4 Å². The summed E-state index contributed by atoms with van der Waals surface area (Å²) >= 11 is 0. The van der Waals surface area contributed by atoms with Crippen LogP contribution < -0.4 is 5.32 Å². The lowest BCUT2D eigenvalue weighted by atomic mass is 9.99. The van der Waals surface area contributed by atoms with Crippen molar-refractivity contribution < 1.29 is 23.1 Å². The first-order chi connectivity index (χ1) is 16.5. The quantitative estimate of drug-likeness (QED) is 0.572. The number of aromatic nitrogens is 1. The van der Waals surface area contributed by atoms with Crippen molar-refractivity contribution in [3.05, 3.63) is 89.8 Å². The van der Waals surface area contributed by atoms with Crippen molar-refractivity contribution >= 4 is 17.6 Å². The normalized spacial score (nSPS) is 15.0. The summed E-state index contributed by atoms with van der Waals surface area (Å²) in [6, 6.07) is 14.5. The fourth-order valence-electron chi connectivity index (χ4n) is 4.12. The molecule has 1 unspecified atom stereocenters. The summed E-state index contributed by atoms with van der Waals surface area (Å²) < 4.78 is 34.3. The van der Waals surface area contributed by atoms with Crippen LogP contribution in [0.25, 0.3) is 0 Å². The largest absolute Gasteiger partial charge is 0.383 e. The van der Waals surface area contributed by atoms with Crippen LogP contribution in [0.15, 0.2) is 66.9 Å². The number of hydrogen-bond acceptors (Lipinski definition) is 3. The van der Waals surface area contributed by atoms with E-state index in [4.69, 9.17) is 4.74 Å². The molecule has 0 bridgehead atoms. The van der Waals surface area contributed by atoms with Crippen molar-refractivity contribution in [3.8, 4) is 0 Å². The molecule has 9 heteroatoms. The molecule has 0 saturated heterocycles. The van der Waals surface area contributed by atoms with Crippen molar-refractivity contribution in [1.29, 1.82) is 0 Å². The van der Waals surface area contributed by atoms with Gasteiger partial charge in [0.1, 0.15) is 18.2 Å². The second-order valence-electron chi connectivity index (χ2n) is 8.02. The molecule has 3 amide bonds. The molecule has 1 N–H and O–H groups in total. The summed E-state index contributed by atoms with van der Waals surface area (Å²) in [5, 5.41) is 2.64. The summed E-state index contributed by atoms with van der Waals surface area (Å²) in [5.41, 5.74) is 1.99. The van der Waals surface area contributed by atoms with Crippen molar-refractivity contribution in [1.82, 2.24) is 14.4 Å². The number of carbonyl (C=O) groups excluding carboxylic acids is 2. The number of amides is 3. The Hall–Kier alpha value is -3.72. The van der Waals surface area contributed by atoms with Crippen LogP contribution in [0.2, 0.25) is 0 Å². The second-order valence-corrected chi connectivity index (χ2v) is 8.02. The molecule has 2 heterocycles. The van der Waals surface area contributed by atoms with Gasteiger partial charge in [-0.1, -0.05) is 18.2 Å². The Morgan fingerprint density at radius 1 is 1.06 bits per heavy atom. The number of rotatable bonds is 7. The van der Waals surface area contributed by atoms with Crippen LogP contribution in [0, 0.1) is 11.6 Å². The lowest BCUT2D eigenvalue weighted by molar-refractivity contribution is -0.134. The predicted molar refractivity (Wildman–Crippen MR) is 123 cm³/mol. The highest BCUT2D eigenvalue weighted by Gasteiger charge is 2.33. The molecular weight excluding hydrogens is 442 g/mol. The SMILES string of the molecule is COCCN(CC(=O)N1CCn2cccc2C1c1ccc(F)cc1)C(=O)Nc1cccc(F)c1. The Bertz CT molecular complexity index is 1150. The maximum atomic E-state index is 13.6. The lowest BCUT2D eigenvalue weighted by Gasteiger charge is -2.38. The Balaban J connectivity index is 1.55. The van der Waals surface area contributed by atoms with Gasteiger partial charge in [0.25, 0.3) is 0 Å². The molecule has 1 aliphatic heterocycles. The highest BCUT2D eigenvalue weighted by atomic mass is 19.1. The average Bonchev–Trinajstić information content (AvgIpc) is 3.30. The molecule has 0 aliphatic carbocycles. The smallest absolute Gasteiger partial charge is 0.322 e. The molecule has 0 saturated carbocycles. The number of urea groups is 1. The monoisotopic (exact) mass is 468 g/mol. The van der Waals surface area contributed by atoms with E-state index in [9.17, 15) is 18.4 Å². The summed E-state index contributed by atoms with van der Waals surface area (Å²) in [5.74, 6) is -1.09. The van der Waals surface area contributed by atoms with Gasteiger partial charge >= 0.3 is 6.03 Å². The number of nitrogens with one attached hydrogen (secondary N) is 1. The summed E-state index contributed by atoms with van der Waals surface area (Å²) in [4.78, 5) is 29.4. The van der Waals surface area contributed by atoms with Crippen LogP contribution in [-0.4, -0.2) is 59.7 Å². The van der Waals surface area contributed by atoms with Gasteiger partial charge in [-0.2, -0.15) is 0 Å². The Morgan fingerprint density at radius 2 is 1.85 bits per heavy atom. The Kier molecular flexibility index (Phi) is 7.22. The molecule has 7 nitrogen and oxygen atoms in total. The number of halogens is 2. The summed E-state index contributed by atoms with van der Waals surface area (Å²) in [7, 11) is 1.51. The highest BCUT2D eigenvalue weighted by Crippen LogP contribution is 2.32. The average molecular weight is 469 g/mol. The summed E-state index contributed by atoms with van der Waals surface area (Å²) in [6.45, 7) is 1.26. The molecule has 0 radical (unpaired) electrons. The fourth-order valence-corrected chi connectivity index (χ4v) is 4.12. The minimum atomic E-state index is -0.533. The van der Waals surface area contributed by atoms with Crippen LogP contribution >= 0.6 is 0 Å². The molecule has 2 aromatic carbocycles. The van der Waals surface area contributed by atoms with Crippen LogP contribution in [0.1, 0.15) is 17.3 Å². The Labute approximate surface area is 196 Å². The molecule has 3 aromatic rings. The molecular formula is C25H26F2N4O3. The molecule has 1 aliphatic rings. The lowest BCUT2D eigenvalue weighted by Crippen LogP contribution is -2.49. The van der Waals surface area contributed by atoms with Gasteiger partial charge in [0, 0.05) is 44.3 Å². The van der Waals surface area contributed by atoms with Gasteiger partial charge in [-0.3, -0.25) is 4.79 Å². The third-order valence-corrected chi connectivity index (χ3v) is 5.80. The second kappa shape index (κ2) is 10.5. The number of benzene rings is 2. The zero-order chi connectivity index (χ0) is 24.1. The topological polar surface area (TPSA) is 66.8 Å². The number of ether oxygens (including phenoxy) is 1. The first-order valence-electron chi connectivity index (χ1n) is 11.0. The van der Waals surface area contributed by atoms with E-state index in [1.807, 2.05) is 18.3 Å².